The van der Waals surface area contributed by atoms with Gasteiger partial charge >= 0.3 is 0 Å². The van der Waals surface area contributed by atoms with Crippen molar-refractivity contribution in [2.75, 3.05) is 7.05 Å². The van der Waals surface area contributed by atoms with E-state index in [4.69, 9.17) is 0 Å². The zero-order valence-corrected chi connectivity index (χ0v) is 12.4. The summed E-state index contributed by atoms with van der Waals surface area (Å²) in [6.07, 6.45) is 8.37. The summed E-state index contributed by atoms with van der Waals surface area (Å²) in [5.74, 6) is 2.89. The lowest BCUT2D eigenvalue weighted by Gasteiger charge is -2.31. The lowest BCUT2D eigenvalue weighted by atomic mass is 9.80. The van der Waals surface area contributed by atoms with Crippen LogP contribution in [0.4, 0.5) is 0 Å². The standard InChI is InChI=1S/C18H27N/c1-3-5-13-6-4-7-16(10-13)18(19-2)17-12-14-8-9-15(17)11-14/h4,6-7,10,14-15,17-19H,3,5,8-9,11-12H2,1-2H3. The van der Waals surface area contributed by atoms with E-state index >= 15 is 0 Å². The summed E-state index contributed by atoms with van der Waals surface area (Å²) in [7, 11) is 2.14. The Hall–Kier alpha value is -0.820. The van der Waals surface area contributed by atoms with Gasteiger partial charge < -0.3 is 5.32 Å². The van der Waals surface area contributed by atoms with Crippen LogP contribution in [0.3, 0.4) is 0 Å². The second-order valence-electron chi connectivity index (χ2n) is 6.60. The van der Waals surface area contributed by atoms with Crippen molar-refractivity contribution < 1.29 is 0 Å². The van der Waals surface area contributed by atoms with Gasteiger partial charge in [0.1, 0.15) is 0 Å². The highest BCUT2D eigenvalue weighted by Crippen LogP contribution is 2.52. The van der Waals surface area contributed by atoms with Gasteiger partial charge in [0.2, 0.25) is 0 Å². The number of hydrogen-bond donors (Lipinski definition) is 1. The van der Waals surface area contributed by atoms with Gasteiger partial charge in [-0.3, -0.25) is 0 Å². The van der Waals surface area contributed by atoms with E-state index in [-0.39, 0.29) is 0 Å². The van der Waals surface area contributed by atoms with Gasteiger partial charge in [-0.25, -0.2) is 0 Å². The summed E-state index contributed by atoms with van der Waals surface area (Å²) >= 11 is 0. The SMILES string of the molecule is CCCc1cccc(C(NC)C2CC3CCC2C3)c1. The molecule has 0 radical (unpaired) electrons. The molecule has 0 aromatic heterocycles. The van der Waals surface area contributed by atoms with E-state index < -0.39 is 0 Å². The minimum atomic E-state index is 0.576. The van der Waals surface area contributed by atoms with Crippen LogP contribution in [-0.2, 0) is 6.42 Å². The summed E-state index contributed by atoms with van der Waals surface area (Å²) in [4.78, 5) is 0. The van der Waals surface area contributed by atoms with E-state index in [1.54, 1.807) is 0 Å². The van der Waals surface area contributed by atoms with Gasteiger partial charge in [0, 0.05) is 6.04 Å². The van der Waals surface area contributed by atoms with Crippen LogP contribution < -0.4 is 5.32 Å². The number of fused-ring (bicyclic) bond motifs is 2. The van der Waals surface area contributed by atoms with Crippen LogP contribution in [-0.4, -0.2) is 7.05 Å². The van der Waals surface area contributed by atoms with Crippen molar-refractivity contribution in [1.29, 1.82) is 0 Å². The van der Waals surface area contributed by atoms with Gasteiger partial charge in [0.15, 0.2) is 0 Å². The van der Waals surface area contributed by atoms with E-state index in [0.29, 0.717) is 6.04 Å². The van der Waals surface area contributed by atoms with Gasteiger partial charge in [-0.05, 0) is 61.6 Å². The number of nitrogens with one attached hydrogen (secondary N) is 1. The van der Waals surface area contributed by atoms with Gasteiger partial charge in [-0.2, -0.15) is 0 Å². The van der Waals surface area contributed by atoms with Crippen LogP contribution in [0.2, 0.25) is 0 Å². The molecule has 4 atom stereocenters. The molecular weight excluding hydrogens is 230 g/mol. The molecule has 2 aliphatic carbocycles. The van der Waals surface area contributed by atoms with Gasteiger partial charge in [-0.15, -0.1) is 0 Å². The third-order valence-corrected chi connectivity index (χ3v) is 5.38. The summed E-state index contributed by atoms with van der Waals surface area (Å²) < 4.78 is 0. The zero-order chi connectivity index (χ0) is 13.2. The molecule has 1 aromatic rings. The molecule has 2 aliphatic rings. The molecule has 0 saturated heterocycles. The molecule has 2 bridgehead atoms. The molecule has 4 unspecified atom stereocenters. The maximum absolute atomic E-state index is 3.61. The van der Waals surface area contributed by atoms with Gasteiger partial charge in [0.05, 0.1) is 0 Å². The fraction of sp³-hybridized carbons (Fsp3) is 0.667. The van der Waals surface area contributed by atoms with Crippen LogP contribution in [0.5, 0.6) is 0 Å². The maximum Gasteiger partial charge on any atom is 0.0349 e. The van der Waals surface area contributed by atoms with E-state index in [0.717, 1.165) is 17.8 Å². The first kappa shape index (κ1) is 13.2. The second-order valence-corrected chi connectivity index (χ2v) is 6.60. The van der Waals surface area contributed by atoms with E-state index in [1.807, 2.05) is 0 Å². The maximum atomic E-state index is 3.61. The Kier molecular flexibility index (Phi) is 3.93. The lowest BCUT2D eigenvalue weighted by Crippen LogP contribution is -2.29. The quantitative estimate of drug-likeness (QED) is 0.827. The fourth-order valence-electron chi connectivity index (χ4n) is 4.56. The predicted octanol–water partition coefficient (Wildman–Crippen LogP) is 4.34. The Morgan fingerprint density at radius 1 is 1.26 bits per heavy atom. The van der Waals surface area contributed by atoms with Crippen molar-refractivity contribution in [3.63, 3.8) is 0 Å². The first-order valence-electron chi connectivity index (χ1n) is 8.08. The minimum Gasteiger partial charge on any atom is -0.313 e. The Balaban J connectivity index is 1.80. The average molecular weight is 257 g/mol. The van der Waals surface area contributed by atoms with Crippen LogP contribution in [0.1, 0.15) is 56.2 Å². The molecule has 2 saturated carbocycles. The van der Waals surface area contributed by atoms with Crippen molar-refractivity contribution in [1.82, 2.24) is 5.32 Å². The summed E-state index contributed by atoms with van der Waals surface area (Å²) in [6.45, 7) is 2.26. The molecule has 3 rings (SSSR count). The largest absolute Gasteiger partial charge is 0.313 e. The zero-order valence-electron chi connectivity index (χ0n) is 12.4. The third-order valence-electron chi connectivity index (χ3n) is 5.38. The molecule has 2 fully saturated rings. The summed E-state index contributed by atoms with van der Waals surface area (Å²) in [5, 5.41) is 3.61. The molecule has 1 N–H and O–H groups in total. The Morgan fingerprint density at radius 3 is 2.79 bits per heavy atom. The average Bonchev–Trinajstić information content (AvgIpc) is 3.03. The van der Waals surface area contributed by atoms with Crippen molar-refractivity contribution >= 4 is 0 Å². The fourth-order valence-corrected chi connectivity index (χ4v) is 4.56. The van der Waals surface area contributed by atoms with Crippen molar-refractivity contribution in [3.8, 4) is 0 Å². The molecule has 0 spiro atoms. The topological polar surface area (TPSA) is 12.0 Å². The van der Waals surface area contributed by atoms with Crippen LogP contribution in [0.25, 0.3) is 0 Å². The molecule has 1 aromatic carbocycles. The van der Waals surface area contributed by atoms with E-state index in [9.17, 15) is 0 Å². The first-order chi connectivity index (χ1) is 9.31. The summed E-state index contributed by atoms with van der Waals surface area (Å²) in [5.41, 5.74) is 3.02. The molecule has 1 nitrogen and oxygen atoms in total. The van der Waals surface area contributed by atoms with Gasteiger partial charge in [-0.1, -0.05) is 44.0 Å². The Morgan fingerprint density at radius 2 is 2.16 bits per heavy atom. The highest BCUT2D eigenvalue weighted by molar-refractivity contribution is 5.27. The number of aryl methyl sites for hydroxylation is 1. The summed E-state index contributed by atoms with van der Waals surface area (Å²) in [6, 6.07) is 9.87. The Bertz CT molecular complexity index is 425. The van der Waals surface area contributed by atoms with Crippen molar-refractivity contribution in [3.05, 3.63) is 35.4 Å². The highest BCUT2D eigenvalue weighted by atomic mass is 14.9. The molecule has 19 heavy (non-hydrogen) atoms. The Labute approximate surface area is 117 Å². The van der Waals surface area contributed by atoms with Crippen LogP contribution in [0.15, 0.2) is 24.3 Å². The molecule has 104 valence electrons. The van der Waals surface area contributed by atoms with Crippen molar-refractivity contribution in [2.24, 2.45) is 17.8 Å². The van der Waals surface area contributed by atoms with E-state index in [1.165, 1.54) is 49.7 Å². The highest BCUT2D eigenvalue weighted by Gasteiger charge is 2.42. The molecule has 0 aliphatic heterocycles. The molecular formula is C18H27N. The number of benzene rings is 1. The second kappa shape index (κ2) is 5.66. The molecule has 0 heterocycles. The third kappa shape index (κ3) is 2.58. The van der Waals surface area contributed by atoms with Crippen LogP contribution >= 0.6 is 0 Å². The smallest absolute Gasteiger partial charge is 0.0349 e. The first-order valence-corrected chi connectivity index (χ1v) is 8.08. The predicted molar refractivity (Wildman–Crippen MR) is 81.2 cm³/mol. The van der Waals surface area contributed by atoms with Crippen LogP contribution in [0, 0.1) is 17.8 Å². The number of rotatable bonds is 5. The molecule has 0 amide bonds. The number of hydrogen-bond acceptors (Lipinski definition) is 1. The van der Waals surface area contributed by atoms with E-state index in [2.05, 4.69) is 43.6 Å². The lowest BCUT2D eigenvalue weighted by molar-refractivity contribution is 0.259. The normalized spacial score (nSPS) is 30.7. The van der Waals surface area contributed by atoms with Gasteiger partial charge in [0.25, 0.3) is 0 Å². The monoisotopic (exact) mass is 257 g/mol. The minimum absolute atomic E-state index is 0.576. The molecule has 1 heteroatoms. The van der Waals surface area contributed by atoms with Crippen molar-refractivity contribution in [2.45, 2.75) is 51.5 Å².